The van der Waals surface area contributed by atoms with Crippen LogP contribution in [-0.4, -0.2) is 28.0 Å². The molecule has 0 saturated carbocycles. The molecule has 16 heavy (non-hydrogen) atoms. The lowest BCUT2D eigenvalue weighted by Crippen LogP contribution is -2.12. The molecule has 0 amide bonds. The van der Waals surface area contributed by atoms with Crippen LogP contribution in [-0.2, 0) is 5.75 Å². The predicted octanol–water partition coefficient (Wildman–Crippen LogP) is 1.40. The van der Waals surface area contributed by atoms with Crippen molar-refractivity contribution in [2.75, 3.05) is 6.61 Å². The minimum atomic E-state index is 0.114. The highest BCUT2D eigenvalue weighted by Gasteiger charge is 2.02. The highest BCUT2D eigenvalue weighted by Crippen LogP contribution is 2.17. The molecule has 88 valence electrons. The lowest BCUT2D eigenvalue weighted by molar-refractivity contribution is 0.300. The van der Waals surface area contributed by atoms with Crippen molar-refractivity contribution in [3.05, 3.63) is 35.4 Å². The Labute approximate surface area is 99.2 Å². The average molecular weight is 240 g/mol. The molecular weight excluding hydrogens is 224 g/mol. The fourth-order valence-electron chi connectivity index (χ4n) is 1.12. The number of amidine groups is 1. The predicted molar refractivity (Wildman–Crippen MR) is 66.8 cm³/mol. The molecular formula is C11H16N2O2S. The van der Waals surface area contributed by atoms with Gasteiger partial charge in [-0.15, -0.1) is 0 Å². The van der Waals surface area contributed by atoms with E-state index >= 15 is 0 Å². The van der Waals surface area contributed by atoms with Gasteiger partial charge in [0.25, 0.3) is 0 Å². The molecule has 1 aromatic rings. The van der Waals surface area contributed by atoms with E-state index in [1.54, 1.807) is 11.8 Å². The van der Waals surface area contributed by atoms with E-state index in [9.17, 15) is 0 Å². The van der Waals surface area contributed by atoms with Gasteiger partial charge in [0.15, 0.2) is 5.84 Å². The Kier molecular flexibility index (Phi) is 5.14. The highest BCUT2D eigenvalue weighted by molar-refractivity contribution is 7.99. The number of rotatable bonds is 5. The number of oxime groups is 1. The molecule has 1 atom stereocenters. The molecule has 0 aromatic heterocycles. The van der Waals surface area contributed by atoms with E-state index in [-0.39, 0.29) is 17.7 Å². The maximum Gasteiger partial charge on any atom is 0.170 e. The molecule has 0 aliphatic rings. The van der Waals surface area contributed by atoms with Gasteiger partial charge in [-0.2, -0.15) is 11.8 Å². The van der Waals surface area contributed by atoms with E-state index in [0.29, 0.717) is 5.56 Å². The summed E-state index contributed by atoms with van der Waals surface area (Å²) in [5.74, 6) is 0.959. The Bertz CT molecular complexity index is 352. The normalized spacial score (nSPS) is 13.8. The second-order valence-corrected chi connectivity index (χ2v) is 4.91. The largest absolute Gasteiger partial charge is 0.409 e. The van der Waals surface area contributed by atoms with Gasteiger partial charge < -0.3 is 16.0 Å². The summed E-state index contributed by atoms with van der Waals surface area (Å²) in [5.41, 5.74) is 7.30. The quantitative estimate of drug-likeness (QED) is 0.314. The number of nitrogens with zero attached hydrogens (tertiary/aromatic N) is 1. The number of aliphatic hydroxyl groups excluding tert-OH is 1. The topological polar surface area (TPSA) is 78.8 Å². The van der Waals surface area contributed by atoms with Crippen molar-refractivity contribution in [2.24, 2.45) is 10.9 Å². The Balaban J connectivity index is 2.58. The number of thioether (sulfide) groups is 1. The molecule has 0 radical (unpaired) electrons. The monoisotopic (exact) mass is 240 g/mol. The van der Waals surface area contributed by atoms with E-state index in [2.05, 4.69) is 5.16 Å². The Morgan fingerprint density at radius 2 is 2.06 bits per heavy atom. The van der Waals surface area contributed by atoms with Gasteiger partial charge in [-0.3, -0.25) is 0 Å². The third-order valence-electron chi connectivity index (χ3n) is 2.15. The van der Waals surface area contributed by atoms with Crippen molar-refractivity contribution in [3.8, 4) is 0 Å². The van der Waals surface area contributed by atoms with Crippen molar-refractivity contribution in [1.29, 1.82) is 0 Å². The minimum Gasteiger partial charge on any atom is -0.409 e. The lowest BCUT2D eigenvalue weighted by Gasteiger charge is -2.07. The van der Waals surface area contributed by atoms with Crippen LogP contribution in [0.4, 0.5) is 0 Å². The fraction of sp³-hybridized carbons (Fsp3) is 0.364. The third-order valence-corrected chi connectivity index (χ3v) is 3.37. The first-order valence-electron chi connectivity index (χ1n) is 4.96. The van der Waals surface area contributed by atoms with Crippen molar-refractivity contribution >= 4 is 17.6 Å². The van der Waals surface area contributed by atoms with E-state index in [1.807, 2.05) is 31.2 Å². The molecule has 1 rings (SSSR count). The van der Waals surface area contributed by atoms with Gasteiger partial charge >= 0.3 is 0 Å². The molecule has 0 spiro atoms. The second kappa shape index (κ2) is 6.40. The molecule has 1 aromatic carbocycles. The van der Waals surface area contributed by atoms with E-state index in [4.69, 9.17) is 16.0 Å². The average Bonchev–Trinajstić information content (AvgIpc) is 2.35. The van der Waals surface area contributed by atoms with Crippen LogP contribution in [0.15, 0.2) is 29.4 Å². The van der Waals surface area contributed by atoms with Crippen LogP contribution in [0.5, 0.6) is 0 Å². The van der Waals surface area contributed by atoms with Gasteiger partial charge in [0.05, 0.1) is 6.61 Å². The minimum absolute atomic E-state index is 0.114. The van der Waals surface area contributed by atoms with Gasteiger partial charge in [0.1, 0.15) is 0 Å². The van der Waals surface area contributed by atoms with Crippen LogP contribution >= 0.6 is 11.8 Å². The first kappa shape index (κ1) is 12.9. The van der Waals surface area contributed by atoms with Crippen LogP contribution in [0.25, 0.3) is 0 Å². The van der Waals surface area contributed by atoms with Gasteiger partial charge in [-0.1, -0.05) is 36.3 Å². The molecule has 4 nitrogen and oxygen atoms in total. The van der Waals surface area contributed by atoms with Crippen molar-refractivity contribution < 1.29 is 10.3 Å². The first-order valence-corrected chi connectivity index (χ1v) is 6.01. The SMILES string of the molecule is CC(CO)SCc1ccc(/C(N)=N/O)cc1. The van der Waals surface area contributed by atoms with Gasteiger partial charge in [-0.05, 0) is 5.56 Å². The summed E-state index contributed by atoms with van der Waals surface area (Å²) in [6.07, 6.45) is 0. The van der Waals surface area contributed by atoms with E-state index in [0.717, 1.165) is 11.3 Å². The molecule has 1 unspecified atom stereocenters. The Hall–Kier alpha value is -1.20. The van der Waals surface area contributed by atoms with Gasteiger partial charge in [-0.25, -0.2) is 0 Å². The van der Waals surface area contributed by atoms with E-state index < -0.39 is 0 Å². The summed E-state index contributed by atoms with van der Waals surface area (Å²) < 4.78 is 0. The molecule has 0 aliphatic carbocycles. The molecule has 0 bridgehead atoms. The molecule has 0 heterocycles. The van der Waals surface area contributed by atoms with Crippen LogP contribution < -0.4 is 5.73 Å². The van der Waals surface area contributed by atoms with Crippen molar-refractivity contribution in [1.82, 2.24) is 0 Å². The smallest absolute Gasteiger partial charge is 0.170 e. The molecule has 0 aliphatic heterocycles. The summed E-state index contributed by atoms with van der Waals surface area (Å²) in [6.45, 7) is 2.17. The van der Waals surface area contributed by atoms with Crippen LogP contribution in [0.1, 0.15) is 18.1 Å². The maximum absolute atomic E-state index is 8.88. The molecule has 4 N–H and O–H groups in total. The number of aliphatic hydroxyl groups is 1. The Morgan fingerprint density at radius 3 is 2.56 bits per heavy atom. The second-order valence-electron chi connectivity index (χ2n) is 3.49. The third kappa shape index (κ3) is 3.75. The number of hydrogen-bond donors (Lipinski definition) is 3. The highest BCUT2D eigenvalue weighted by atomic mass is 32.2. The van der Waals surface area contributed by atoms with E-state index in [1.165, 1.54) is 0 Å². The zero-order valence-corrected chi connectivity index (χ0v) is 9.94. The summed E-state index contributed by atoms with van der Waals surface area (Å²) in [6, 6.07) is 7.50. The fourth-order valence-corrected chi connectivity index (χ4v) is 1.90. The summed E-state index contributed by atoms with van der Waals surface area (Å²) in [5, 5.41) is 20.5. The zero-order valence-electron chi connectivity index (χ0n) is 9.13. The maximum atomic E-state index is 8.88. The lowest BCUT2D eigenvalue weighted by atomic mass is 10.1. The van der Waals surface area contributed by atoms with Crippen molar-refractivity contribution in [2.45, 2.75) is 17.9 Å². The van der Waals surface area contributed by atoms with Gasteiger partial charge in [0, 0.05) is 16.6 Å². The number of hydrogen-bond acceptors (Lipinski definition) is 4. The van der Waals surface area contributed by atoms with Crippen LogP contribution in [0.2, 0.25) is 0 Å². The Morgan fingerprint density at radius 1 is 1.44 bits per heavy atom. The summed E-state index contributed by atoms with van der Waals surface area (Å²) in [7, 11) is 0. The van der Waals surface area contributed by atoms with Crippen LogP contribution in [0.3, 0.4) is 0 Å². The summed E-state index contributed by atoms with van der Waals surface area (Å²) in [4.78, 5) is 0. The first-order chi connectivity index (χ1) is 7.67. The van der Waals surface area contributed by atoms with Gasteiger partial charge in [0.2, 0.25) is 0 Å². The summed E-state index contributed by atoms with van der Waals surface area (Å²) >= 11 is 1.69. The zero-order chi connectivity index (χ0) is 12.0. The standard InChI is InChI=1S/C11H16N2O2S/c1-8(6-14)16-7-9-2-4-10(5-3-9)11(12)13-15/h2-5,8,14-15H,6-7H2,1H3,(H2,12,13). The number of benzene rings is 1. The van der Waals surface area contributed by atoms with Crippen LogP contribution in [0, 0.1) is 0 Å². The molecule has 0 saturated heterocycles. The number of nitrogens with two attached hydrogens (primary N) is 1. The van der Waals surface area contributed by atoms with Crippen molar-refractivity contribution in [3.63, 3.8) is 0 Å². The molecule has 0 fully saturated rings. The molecule has 5 heteroatoms.